The molecule has 0 aromatic heterocycles. The lowest BCUT2D eigenvalue weighted by Crippen LogP contribution is -2.20. The highest BCUT2D eigenvalue weighted by Gasteiger charge is 2.24. The van der Waals surface area contributed by atoms with Crippen molar-refractivity contribution >= 4 is 0 Å². The van der Waals surface area contributed by atoms with Crippen LogP contribution in [-0.4, -0.2) is 0 Å². The van der Waals surface area contributed by atoms with Crippen LogP contribution in [0.3, 0.4) is 0 Å². The first-order chi connectivity index (χ1) is 6.12. The number of hydrogen-bond acceptors (Lipinski definition) is 0. The Morgan fingerprint density at radius 1 is 0.929 bits per heavy atom. The van der Waals surface area contributed by atoms with Crippen molar-refractivity contribution < 1.29 is 0 Å². The highest BCUT2D eigenvalue weighted by molar-refractivity contribution is 4.76. The molecule has 0 nitrogen and oxygen atoms in total. The lowest BCUT2D eigenvalue weighted by atomic mass is 9.73. The van der Waals surface area contributed by atoms with E-state index in [9.17, 15) is 0 Å². The van der Waals surface area contributed by atoms with Crippen LogP contribution in [0.5, 0.6) is 0 Å². The number of hydrogen-bond donors (Lipinski definition) is 0. The van der Waals surface area contributed by atoms with E-state index in [-0.39, 0.29) is 0 Å². The molecule has 0 atom stereocenters. The van der Waals surface area contributed by atoms with Crippen molar-refractivity contribution in [2.24, 2.45) is 16.7 Å². The monoisotopic (exact) mass is 198 g/mol. The fourth-order valence-corrected chi connectivity index (χ4v) is 2.51. The summed E-state index contributed by atoms with van der Waals surface area (Å²) in [5, 5.41) is 0. The zero-order chi connectivity index (χ0) is 11.4. The molecule has 0 aliphatic rings. The van der Waals surface area contributed by atoms with E-state index < -0.39 is 0 Å². The van der Waals surface area contributed by atoms with Crippen LogP contribution in [0.25, 0.3) is 0 Å². The summed E-state index contributed by atoms with van der Waals surface area (Å²) >= 11 is 0. The Bertz CT molecular complexity index is 146. The van der Waals surface area contributed by atoms with Gasteiger partial charge in [0.2, 0.25) is 0 Å². The standard InChI is InChI=1S/C14H30/c1-12(2)9-8-10-14(6,7)11-13(3,4)5/h12H,8-11H2,1-7H3. The van der Waals surface area contributed by atoms with Gasteiger partial charge >= 0.3 is 0 Å². The molecule has 0 aliphatic carbocycles. The van der Waals surface area contributed by atoms with Crippen molar-refractivity contribution in [2.45, 2.75) is 74.1 Å². The molecule has 0 heterocycles. The molecule has 0 rings (SSSR count). The zero-order valence-electron chi connectivity index (χ0n) is 11.4. The summed E-state index contributed by atoms with van der Waals surface area (Å²) in [6.45, 7) is 16.5. The quantitative estimate of drug-likeness (QED) is 0.564. The van der Waals surface area contributed by atoms with E-state index >= 15 is 0 Å². The summed E-state index contributed by atoms with van der Waals surface area (Å²) in [5.74, 6) is 0.862. The molecule has 14 heavy (non-hydrogen) atoms. The molecule has 0 heteroatoms. The van der Waals surface area contributed by atoms with E-state index in [1.807, 2.05) is 0 Å². The molecule has 0 radical (unpaired) electrons. The van der Waals surface area contributed by atoms with Crippen molar-refractivity contribution in [3.05, 3.63) is 0 Å². The summed E-state index contributed by atoms with van der Waals surface area (Å²) < 4.78 is 0. The maximum Gasteiger partial charge on any atom is -0.0349 e. The van der Waals surface area contributed by atoms with Crippen molar-refractivity contribution in [1.29, 1.82) is 0 Å². The van der Waals surface area contributed by atoms with Crippen molar-refractivity contribution in [3.8, 4) is 0 Å². The topological polar surface area (TPSA) is 0 Å². The van der Waals surface area contributed by atoms with Crippen LogP contribution in [0, 0.1) is 16.7 Å². The van der Waals surface area contributed by atoms with Crippen molar-refractivity contribution in [3.63, 3.8) is 0 Å². The second-order valence-electron chi connectivity index (χ2n) is 7.19. The van der Waals surface area contributed by atoms with Crippen LogP contribution in [0.1, 0.15) is 74.1 Å². The van der Waals surface area contributed by atoms with Crippen LogP contribution >= 0.6 is 0 Å². The second kappa shape index (κ2) is 5.19. The van der Waals surface area contributed by atoms with Gasteiger partial charge in [0.15, 0.2) is 0 Å². The number of rotatable bonds is 5. The zero-order valence-corrected chi connectivity index (χ0v) is 11.4. The Kier molecular flexibility index (Phi) is 5.19. The van der Waals surface area contributed by atoms with Gasteiger partial charge in [-0.1, -0.05) is 61.3 Å². The normalized spacial score (nSPS) is 13.7. The van der Waals surface area contributed by atoms with Gasteiger partial charge in [0.05, 0.1) is 0 Å². The predicted octanol–water partition coefficient (Wildman–Crippen LogP) is 5.28. The van der Waals surface area contributed by atoms with Gasteiger partial charge < -0.3 is 0 Å². The largest absolute Gasteiger partial charge is 0.0628 e. The molecule has 0 bridgehead atoms. The maximum absolute atomic E-state index is 2.42. The smallest absolute Gasteiger partial charge is 0.0349 e. The lowest BCUT2D eigenvalue weighted by molar-refractivity contribution is 0.192. The van der Waals surface area contributed by atoms with E-state index in [4.69, 9.17) is 0 Å². The summed E-state index contributed by atoms with van der Waals surface area (Å²) in [4.78, 5) is 0. The first kappa shape index (κ1) is 14.0. The Morgan fingerprint density at radius 3 is 1.79 bits per heavy atom. The maximum atomic E-state index is 2.42. The second-order valence-corrected chi connectivity index (χ2v) is 7.19. The molecule has 86 valence electrons. The Balaban J connectivity index is 3.84. The summed E-state index contributed by atoms with van der Waals surface area (Å²) in [6, 6.07) is 0. The van der Waals surface area contributed by atoms with Gasteiger partial charge in [0, 0.05) is 0 Å². The Labute approximate surface area is 91.5 Å². The molecule has 0 spiro atoms. The van der Waals surface area contributed by atoms with Gasteiger partial charge in [-0.05, 0) is 29.6 Å². The minimum absolute atomic E-state index is 0.474. The summed E-state index contributed by atoms with van der Waals surface area (Å²) in [7, 11) is 0. The molecule has 0 saturated heterocycles. The molecule has 0 aromatic rings. The fraction of sp³-hybridized carbons (Fsp3) is 1.00. The third-order valence-corrected chi connectivity index (χ3v) is 2.64. The Hall–Kier alpha value is 0. The van der Waals surface area contributed by atoms with Gasteiger partial charge in [-0.15, -0.1) is 0 Å². The van der Waals surface area contributed by atoms with E-state index in [1.165, 1.54) is 25.7 Å². The molecule has 0 saturated carbocycles. The van der Waals surface area contributed by atoms with Crippen LogP contribution in [0.4, 0.5) is 0 Å². The molecule has 0 aliphatic heterocycles. The minimum atomic E-state index is 0.474. The van der Waals surface area contributed by atoms with Gasteiger partial charge in [-0.3, -0.25) is 0 Å². The van der Waals surface area contributed by atoms with Gasteiger partial charge in [-0.2, -0.15) is 0 Å². The average molecular weight is 198 g/mol. The molecular weight excluding hydrogens is 168 g/mol. The van der Waals surface area contributed by atoms with Crippen molar-refractivity contribution in [1.82, 2.24) is 0 Å². The van der Waals surface area contributed by atoms with Crippen LogP contribution in [0.2, 0.25) is 0 Å². The minimum Gasteiger partial charge on any atom is -0.0628 e. The van der Waals surface area contributed by atoms with Gasteiger partial charge in [-0.25, -0.2) is 0 Å². The van der Waals surface area contributed by atoms with Crippen LogP contribution < -0.4 is 0 Å². The van der Waals surface area contributed by atoms with E-state index in [0.29, 0.717) is 10.8 Å². The highest BCUT2D eigenvalue weighted by atomic mass is 14.3. The molecule has 0 N–H and O–H groups in total. The van der Waals surface area contributed by atoms with Gasteiger partial charge in [0.1, 0.15) is 0 Å². The fourth-order valence-electron chi connectivity index (χ4n) is 2.51. The van der Waals surface area contributed by atoms with E-state index in [0.717, 1.165) is 5.92 Å². The first-order valence-electron chi connectivity index (χ1n) is 6.12. The summed E-state index contributed by atoms with van der Waals surface area (Å²) in [5.41, 5.74) is 0.995. The molecule has 0 fully saturated rings. The lowest BCUT2D eigenvalue weighted by Gasteiger charge is -2.32. The molecular formula is C14H30. The van der Waals surface area contributed by atoms with E-state index in [1.54, 1.807) is 0 Å². The predicted molar refractivity (Wildman–Crippen MR) is 66.5 cm³/mol. The molecule has 0 aromatic carbocycles. The molecule has 0 amide bonds. The van der Waals surface area contributed by atoms with Crippen molar-refractivity contribution in [2.75, 3.05) is 0 Å². The average Bonchev–Trinajstić information content (AvgIpc) is 1.78. The SMILES string of the molecule is CC(C)CCCC(C)(C)CC(C)(C)C. The third-order valence-electron chi connectivity index (χ3n) is 2.64. The third kappa shape index (κ3) is 8.59. The first-order valence-corrected chi connectivity index (χ1v) is 6.12. The Morgan fingerprint density at radius 2 is 1.43 bits per heavy atom. The summed E-state index contributed by atoms with van der Waals surface area (Å²) in [6.07, 6.45) is 5.48. The highest BCUT2D eigenvalue weighted by Crippen LogP contribution is 2.37. The van der Waals surface area contributed by atoms with Crippen LogP contribution in [0.15, 0.2) is 0 Å². The van der Waals surface area contributed by atoms with E-state index in [2.05, 4.69) is 48.5 Å². The van der Waals surface area contributed by atoms with Gasteiger partial charge in [0.25, 0.3) is 0 Å². The van der Waals surface area contributed by atoms with Crippen LogP contribution in [-0.2, 0) is 0 Å². The molecule has 0 unspecified atom stereocenters.